The average Bonchev–Trinajstić information content (AvgIpc) is 2.63. The summed E-state index contributed by atoms with van der Waals surface area (Å²) in [6, 6.07) is 0. The van der Waals surface area contributed by atoms with Crippen molar-refractivity contribution < 1.29 is 4.74 Å². The molecule has 0 saturated heterocycles. The van der Waals surface area contributed by atoms with Gasteiger partial charge >= 0.3 is 0 Å². The molecule has 0 spiro atoms. The lowest BCUT2D eigenvalue weighted by atomic mass is 10.4. The van der Waals surface area contributed by atoms with Gasteiger partial charge in [0.1, 0.15) is 0 Å². The van der Waals surface area contributed by atoms with Gasteiger partial charge < -0.3 is 15.0 Å². The van der Waals surface area contributed by atoms with Crippen LogP contribution in [-0.2, 0) is 4.74 Å². The molecule has 4 nitrogen and oxygen atoms in total. The van der Waals surface area contributed by atoms with Gasteiger partial charge in [-0.05, 0) is 6.42 Å². The van der Waals surface area contributed by atoms with Crippen molar-refractivity contribution in [3.05, 3.63) is 12.4 Å². The Kier molecular flexibility index (Phi) is 5.01. The van der Waals surface area contributed by atoms with Gasteiger partial charge in [0.2, 0.25) is 0 Å². The molecule has 74 valence electrons. The number of rotatable bonds is 7. The summed E-state index contributed by atoms with van der Waals surface area (Å²) in [5.41, 5.74) is 0. The first-order chi connectivity index (χ1) is 6.43. The fourth-order valence-electron chi connectivity index (χ4n) is 0.952. The van der Waals surface area contributed by atoms with E-state index in [1.807, 2.05) is 0 Å². The first-order valence-electron chi connectivity index (χ1n) is 4.74. The molecule has 0 aliphatic carbocycles. The van der Waals surface area contributed by atoms with Crippen molar-refractivity contribution in [3.8, 4) is 0 Å². The molecule has 0 fully saturated rings. The molecule has 0 unspecified atom stereocenters. The molecule has 1 rings (SSSR count). The number of aromatic amines is 1. The number of anilines is 1. The van der Waals surface area contributed by atoms with E-state index < -0.39 is 0 Å². The number of nitrogens with zero attached hydrogens (tertiary/aromatic N) is 1. The SMILES string of the molecule is CCCCOCCNc1ncc[nH]1. The zero-order valence-electron chi connectivity index (χ0n) is 8.05. The molecule has 0 radical (unpaired) electrons. The van der Waals surface area contributed by atoms with Crippen LogP contribution in [0.2, 0.25) is 0 Å². The first-order valence-corrected chi connectivity index (χ1v) is 4.74. The number of aromatic nitrogens is 2. The van der Waals surface area contributed by atoms with Crippen LogP contribution in [0.3, 0.4) is 0 Å². The number of nitrogens with one attached hydrogen (secondary N) is 2. The zero-order valence-corrected chi connectivity index (χ0v) is 8.05. The van der Waals surface area contributed by atoms with Crippen molar-refractivity contribution in [2.24, 2.45) is 0 Å². The van der Waals surface area contributed by atoms with Crippen LogP contribution < -0.4 is 5.32 Å². The molecule has 1 heterocycles. The second-order valence-corrected chi connectivity index (χ2v) is 2.83. The normalized spacial score (nSPS) is 10.2. The fraction of sp³-hybridized carbons (Fsp3) is 0.667. The maximum Gasteiger partial charge on any atom is 0.200 e. The Balaban J connectivity index is 1.90. The number of hydrogen-bond acceptors (Lipinski definition) is 3. The Morgan fingerprint density at radius 3 is 3.15 bits per heavy atom. The monoisotopic (exact) mass is 183 g/mol. The second-order valence-electron chi connectivity index (χ2n) is 2.83. The van der Waals surface area contributed by atoms with E-state index in [2.05, 4.69) is 22.2 Å². The summed E-state index contributed by atoms with van der Waals surface area (Å²) < 4.78 is 5.37. The van der Waals surface area contributed by atoms with Crippen molar-refractivity contribution >= 4 is 5.95 Å². The molecule has 0 aromatic carbocycles. The van der Waals surface area contributed by atoms with Crippen LogP contribution in [0.15, 0.2) is 12.4 Å². The molecule has 2 N–H and O–H groups in total. The van der Waals surface area contributed by atoms with Crippen molar-refractivity contribution in [2.45, 2.75) is 19.8 Å². The van der Waals surface area contributed by atoms with Crippen molar-refractivity contribution in [1.29, 1.82) is 0 Å². The summed E-state index contributed by atoms with van der Waals surface area (Å²) in [5, 5.41) is 3.11. The summed E-state index contributed by atoms with van der Waals surface area (Å²) >= 11 is 0. The van der Waals surface area contributed by atoms with Gasteiger partial charge in [0, 0.05) is 25.5 Å². The van der Waals surface area contributed by atoms with Gasteiger partial charge in [-0.2, -0.15) is 0 Å². The molecule has 13 heavy (non-hydrogen) atoms. The third-order valence-corrected chi connectivity index (χ3v) is 1.68. The maximum absolute atomic E-state index is 5.37. The zero-order chi connectivity index (χ0) is 9.36. The lowest BCUT2D eigenvalue weighted by molar-refractivity contribution is 0.141. The van der Waals surface area contributed by atoms with Crippen LogP contribution in [0.25, 0.3) is 0 Å². The Morgan fingerprint density at radius 2 is 2.46 bits per heavy atom. The molecule has 0 bridgehead atoms. The number of H-pyrrole nitrogens is 1. The predicted octanol–water partition coefficient (Wildman–Crippen LogP) is 1.64. The van der Waals surface area contributed by atoms with Crippen LogP contribution in [0, 0.1) is 0 Å². The molecule has 4 heteroatoms. The number of imidazole rings is 1. The van der Waals surface area contributed by atoms with Gasteiger partial charge in [-0.3, -0.25) is 0 Å². The second kappa shape index (κ2) is 6.48. The predicted molar refractivity (Wildman–Crippen MR) is 52.8 cm³/mol. The topological polar surface area (TPSA) is 49.9 Å². The summed E-state index contributed by atoms with van der Waals surface area (Å²) in [4.78, 5) is 6.99. The van der Waals surface area contributed by atoms with E-state index in [9.17, 15) is 0 Å². The first kappa shape index (κ1) is 10.1. The summed E-state index contributed by atoms with van der Waals surface area (Å²) in [6.45, 7) is 4.55. The van der Waals surface area contributed by atoms with E-state index in [-0.39, 0.29) is 0 Å². The van der Waals surface area contributed by atoms with Crippen LogP contribution in [0.5, 0.6) is 0 Å². The lowest BCUT2D eigenvalue weighted by Gasteiger charge is -2.03. The highest BCUT2D eigenvalue weighted by molar-refractivity contribution is 5.22. The Hall–Kier alpha value is -1.03. The van der Waals surface area contributed by atoms with Gasteiger partial charge in [-0.1, -0.05) is 13.3 Å². The van der Waals surface area contributed by atoms with E-state index in [4.69, 9.17) is 4.74 Å². The van der Waals surface area contributed by atoms with Crippen LogP contribution >= 0.6 is 0 Å². The highest BCUT2D eigenvalue weighted by atomic mass is 16.5. The molecule has 0 saturated carbocycles. The van der Waals surface area contributed by atoms with E-state index >= 15 is 0 Å². The third-order valence-electron chi connectivity index (χ3n) is 1.68. The average molecular weight is 183 g/mol. The van der Waals surface area contributed by atoms with Gasteiger partial charge in [0.25, 0.3) is 0 Å². The van der Waals surface area contributed by atoms with E-state index in [1.54, 1.807) is 12.4 Å². The molecule has 0 atom stereocenters. The Bertz CT molecular complexity index is 199. The van der Waals surface area contributed by atoms with Gasteiger partial charge in [0.15, 0.2) is 5.95 Å². The van der Waals surface area contributed by atoms with Crippen LogP contribution in [0.1, 0.15) is 19.8 Å². The minimum atomic E-state index is 0.737. The fourth-order valence-corrected chi connectivity index (χ4v) is 0.952. The summed E-state index contributed by atoms with van der Waals surface area (Å²) in [6.07, 6.45) is 5.84. The molecule has 0 amide bonds. The Labute approximate surface area is 78.7 Å². The number of ether oxygens (including phenoxy) is 1. The summed E-state index contributed by atoms with van der Waals surface area (Å²) in [7, 11) is 0. The highest BCUT2D eigenvalue weighted by Crippen LogP contribution is 1.93. The molecular formula is C9H17N3O. The minimum absolute atomic E-state index is 0.737. The van der Waals surface area contributed by atoms with E-state index in [1.165, 1.54) is 6.42 Å². The standard InChI is InChI=1S/C9H17N3O/c1-2-3-7-13-8-6-12-9-10-4-5-11-9/h4-5H,2-3,6-8H2,1H3,(H2,10,11,12). The number of hydrogen-bond donors (Lipinski definition) is 2. The Morgan fingerprint density at radius 1 is 1.54 bits per heavy atom. The van der Waals surface area contributed by atoms with E-state index in [0.717, 1.165) is 32.1 Å². The van der Waals surface area contributed by atoms with Gasteiger partial charge in [-0.15, -0.1) is 0 Å². The third kappa shape index (κ3) is 4.52. The molecular weight excluding hydrogens is 166 g/mol. The quantitative estimate of drug-likeness (QED) is 0.632. The minimum Gasteiger partial charge on any atom is -0.380 e. The van der Waals surface area contributed by atoms with Crippen molar-refractivity contribution in [3.63, 3.8) is 0 Å². The van der Waals surface area contributed by atoms with Gasteiger partial charge in [-0.25, -0.2) is 4.98 Å². The highest BCUT2D eigenvalue weighted by Gasteiger charge is 1.91. The van der Waals surface area contributed by atoms with Crippen LogP contribution in [0.4, 0.5) is 5.95 Å². The van der Waals surface area contributed by atoms with Crippen LogP contribution in [-0.4, -0.2) is 29.7 Å². The van der Waals surface area contributed by atoms with E-state index in [0.29, 0.717) is 0 Å². The lowest BCUT2D eigenvalue weighted by Crippen LogP contribution is -2.10. The largest absolute Gasteiger partial charge is 0.380 e. The molecule has 0 aliphatic rings. The summed E-state index contributed by atoms with van der Waals surface area (Å²) in [5.74, 6) is 0.805. The molecule has 1 aromatic heterocycles. The maximum atomic E-state index is 5.37. The number of unbranched alkanes of at least 4 members (excludes halogenated alkanes) is 1. The van der Waals surface area contributed by atoms with Gasteiger partial charge in [0.05, 0.1) is 6.61 Å². The smallest absolute Gasteiger partial charge is 0.200 e. The van der Waals surface area contributed by atoms with Crippen molar-refractivity contribution in [2.75, 3.05) is 25.1 Å². The molecule has 0 aliphatic heterocycles. The van der Waals surface area contributed by atoms with Crippen molar-refractivity contribution in [1.82, 2.24) is 9.97 Å². The molecule has 1 aromatic rings.